The van der Waals surface area contributed by atoms with Gasteiger partial charge in [0.05, 0.1) is 23.2 Å². The van der Waals surface area contributed by atoms with Crippen LogP contribution in [0.5, 0.6) is 17.2 Å². The Labute approximate surface area is 386 Å². The second-order valence-corrected chi connectivity index (χ2v) is 17.0. The molecule has 0 aromatic heterocycles. The molecule has 1 saturated carbocycles. The van der Waals surface area contributed by atoms with Gasteiger partial charge in [-0.1, -0.05) is 79.5 Å². The summed E-state index contributed by atoms with van der Waals surface area (Å²) >= 11 is 0. The lowest BCUT2D eigenvalue weighted by atomic mass is 9.55. The van der Waals surface area contributed by atoms with Gasteiger partial charge in [0.1, 0.15) is 36.2 Å². The van der Waals surface area contributed by atoms with Gasteiger partial charge >= 0.3 is 0 Å². The number of hydrogen-bond acceptors (Lipinski definition) is 11. The molecule has 13 heteroatoms. The fourth-order valence-corrected chi connectivity index (χ4v) is 9.89. The zero-order chi connectivity index (χ0) is 46.5. The molecule has 1 fully saturated rings. The lowest BCUT2D eigenvalue weighted by molar-refractivity contribution is -0.384. The maximum atomic E-state index is 14.8. The normalized spacial score (nSPS) is 22.4. The molecule has 4 aromatic rings. The molecule has 3 aliphatic rings. The number of nitro benzene ring substituents is 1. The number of amides is 1. The number of aliphatic hydroxyl groups is 2. The van der Waals surface area contributed by atoms with Crippen LogP contribution in [-0.4, -0.2) is 76.1 Å². The number of nitrogens with zero attached hydrogens (tertiary/aromatic N) is 3. The summed E-state index contributed by atoms with van der Waals surface area (Å²) in [4.78, 5) is 45.4. The second kappa shape index (κ2) is 22.7. The van der Waals surface area contributed by atoms with E-state index in [4.69, 9.17) is 24.2 Å². The topological polar surface area (TPSA) is 170 Å². The third-order valence-electron chi connectivity index (χ3n) is 12.8. The molecule has 1 heterocycles. The first-order valence-corrected chi connectivity index (χ1v) is 22.9. The van der Waals surface area contributed by atoms with Crippen molar-refractivity contribution in [2.24, 2.45) is 22.9 Å². The number of oxime groups is 1. The lowest BCUT2D eigenvalue weighted by Crippen LogP contribution is -2.70. The molecule has 346 valence electrons. The average Bonchev–Trinajstić information content (AvgIpc) is 3.33. The van der Waals surface area contributed by atoms with Gasteiger partial charge in [0.2, 0.25) is 11.7 Å². The first-order chi connectivity index (χ1) is 32.2. The number of fused-ring (bicyclic) bond motifs is 2. The summed E-state index contributed by atoms with van der Waals surface area (Å²) in [6.45, 7) is 6.84. The van der Waals surface area contributed by atoms with Crippen LogP contribution in [0.2, 0.25) is 0 Å². The van der Waals surface area contributed by atoms with Crippen molar-refractivity contribution in [3.8, 4) is 17.2 Å². The predicted octanol–water partition coefficient (Wildman–Crippen LogP) is 9.99. The minimum absolute atomic E-state index is 0.00501. The summed E-state index contributed by atoms with van der Waals surface area (Å²) in [6, 6.07) is 27.8. The largest absolute Gasteiger partial charge is 0.459 e. The molecule has 1 aliphatic heterocycles. The summed E-state index contributed by atoms with van der Waals surface area (Å²) < 4.78 is 20.9. The number of carbonyl (C=O) groups is 2. The summed E-state index contributed by atoms with van der Waals surface area (Å²) in [5.41, 5.74) is 4.47. The number of non-ortho nitro benzene ring substituents is 1. The van der Waals surface area contributed by atoms with E-state index < -0.39 is 22.7 Å². The van der Waals surface area contributed by atoms with E-state index >= 15 is 0 Å². The van der Waals surface area contributed by atoms with Gasteiger partial charge in [0.25, 0.3) is 5.69 Å². The first-order valence-electron chi connectivity index (χ1n) is 22.9. The molecule has 0 radical (unpaired) electrons. The Bertz CT molecular complexity index is 2400. The van der Waals surface area contributed by atoms with E-state index in [1.54, 1.807) is 53.5 Å². The average molecular weight is 898 g/mol. The zero-order valence-corrected chi connectivity index (χ0v) is 37.4. The van der Waals surface area contributed by atoms with Crippen LogP contribution in [0.25, 0.3) is 6.08 Å². The number of aliphatic hydroxyl groups excluding tert-OH is 2. The van der Waals surface area contributed by atoms with Crippen molar-refractivity contribution in [2.75, 3.05) is 26.4 Å². The minimum Gasteiger partial charge on any atom is -0.459 e. The van der Waals surface area contributed by atoms with Gasteiger partial charge < -0.3 is 34.2 Å². The van der Waals surface area contributed by atoms with Crippen molar-refractivity contribution < 1.29 is 43.8 Å². The Morgan fingerprint density at radius 2 is 1.71 bits per heavy atom. The standard InChI is InChI=1S/C53H59N3O10/c1-3-27-55(50(60)26-21-37-19-22-41(23-20-37)56(61)62)49-34-47(54-64-36-38-13-6-5-7-14-38)45-32-40(16-8-10-28-57)44(18-9-11-29-58)51-46-33-43(65-42-17-12-15-39(31-42)35-59)24-25-48(46)66-53(49,52(45)51)63-30-4-2/h4-7,12-15,17,19-26,31-33,35,40,44,49,51-52,57-58H,2-3,8-11,16,18,27-30,34,36H2,1H3/t40-,44+,49-,51+,52+,53+/m0/s1. The van der Waals surface area contributed by atoms with Crippen molar-refractivity contribution in [3.05, 3.63) is 160 Å². The molecule has 66 heavy (non-hydrogen) atoms. The predicted molar refractivity (Wildman–Crippen MR) is 252 cm³/mol. The number of benzene rings is 4. The molecule has 0 saturated heterocycles. The number of allylic oxidation sites excluding steroid dienone is 1. The second-order valence-electron chi connectivity index (χ2n) is 17.0. The van der Waals surface area contributed by atoms with Crippen LogP contribution in [0, 0.1) is 27.9 Å². The Hall–Kier alpha value is -6.41. The van der Waals surface area contributed by atoms with Gasteiger partial charge in [0.15, 0.2) is 0 Å². The van der Waals surface area contributed by atoms with Gasteiger partial charge in [-0.15, -0.1) is 6.58 Å². The molecule has 6 atom stereocenters. The van der Waals surface area contributed by atoms with Gasteiger partial charge in [-0.3, -0.25) is 19.7 Å². The smallest absolute Gasteiger partial charge is 0.269 e. The quantitative estimate of drug-likeness (QED) is 0.0182. The van der Waals surface area contributed by atoms with Gasteiger partial charge in [-0.2, -0.15) is 0 Å². The van der Waals surface area contributed by atoms with Crippen LogP contribution in [-0.2, 0) is 21.0 Å². The maximum Gasteiger partial charge on any atom is 0.269 e. The Balaban J connectivity index is 1.42. The van der Waals surface area contributed by atoms with Gasteiger partial charge in [-0.05, 0) is 109 Å². The number of ether oxygens (including phenoxy) is 3. The number of unbranched alkanes of at least 4 members (excludes halogenated alkanes) is 2. The molecule has 0 spiro atoms. The van der Waals surface area contributed by atoms with Crippen LogP contribution in [0.15, 0.2) is 133 Å². The van der Waals surface area contributed by atoms with E-state index in [9.17, 15) is 29.9 Å². The summed E-state index contributed by atoms with van der Waals surface area (Å²) in [5, 5.41) is 36.2. The molecule has 13 nitrogen and oxygen atoms in total. The van der Waals surface area contributed by atoms with Crippen LogP contribution >= 0.6 is 0 Å². The van der Waals surface area contributed by atoms with E-state index in [0.717, 1.165) is 48.7 Å². The first kappa shape index (κ1) is 47.5. The summed E-state index contributed by atoms with van der Waals surface area (Å²) in [6.07, 6.45) is 13.1. The van der Waals surface area contributed by atoms with Gasteiger partial charge in [0, 0.05) is 61.4 Å². The monoisotopic (exact) mass is 897 g/mol. The van der Waals surface area contributed by atoms with Crippen molar-refractivity contribution in [1.29, 1.82) is 0 Å². The highest BCUT2D eigenvalue weighted by Crippen LogP contribution is 2.62. The highest BCUT2D eigenvalue weighted by Gasteiger charge is 2.65. The molecular weight excluding hydrogens is 839 g/mol. The van der Waals surface area contributed by atoms with Crippen LogP contribution < -0.4 is 9.47 Å². The third kappa shape index (κ3) is 10.8. The van der Waals surface area contributed by atoms with Crippen LogP contribution in [0.1, 0.15) is 91.3 Å². The summed E-state index contributed by atoms with van der Waals surface area (Å²) in [7, 11) is 0. The van der Waals surface area contributed by atoms with Crippen molar-refractivity contribution in [2.45, 2.75) is 82.6 Å². The highest BCUT2D eigenvalue weighted by molar-refractivity contribution is 6.03. The fourth-order valence-electron chi connectivity index (χ4n) is 9.89. The van der Waals surface area contributed by atoms with Crippen LogP contribution in [0.4, 0.5) is 5.69 Å². The molecule has 0 bridgehead atoms. The fraction of sp³-hybridized carbons (Fsp3) is 0.377. The zero-order valence-electron chi connectivity index (χ0n) is 37.4. The van der Waals surface area contributed by atoms with Gasteiger partial charge in [-0.25, -0.2) is 0 Å². The number of carbonyl (C=O) groups excluding carboxylic acids is 2. The van der Waals surface area contributed by atoms with Crippen molar-refractivity contribution in [1.82, 2.24) is 4.90 Å². The SMILES string of the molecule is C=CCO[C@@]12Oc3ccc(Oc4cccc(C=O)c4)cc3[C@H]3[C@H](CCCCO)[C@@H](CCCCO)C=C(C(=NOCc4ccccc4)C[C@@H]1N(CCC)C(=O)C=Cc1ccc([N+](=O)[O-])cc1)[C@H]32. The number of hydrogen-bond donors (Lipinski definition) is 2. The molecule has 1 amide bonds. The van der Waals surface area contributed by atoms with Crippen molar-refractivity contribution in [3.63, 3.8) is 0 Å². The molecule has 2 N–H and O–H groups in total. The molecule has 4 aromatic carbocycles. The summed E-state index contributed by atoms with van der Waals surface area (Å²) in [5.74, 6) is -0.929. The highest BCUT2D eigenvalue weighted by atomic mass is 16.7. The molecule has 7 rings (SSSR count). The maximum absolute atomic E-state index is 14.8. The van der Waals surface area contributed by atoms with E-state index in [-0.39, 0.29) is 62.2 Å². The Morgan fingerprint density at radius 1 is 0.955 bits per heavy atom. The molecular formula is C53H59N3O10. The Kier molecular flexibility index (Phi) is 16.3. The van der Waals surface area contributed by atoms with E-state index in [1.807, 2.05) is 55.5 Å². The van der Waals surface area contributed by atoms with Crippen molar-refractivity contribution >= 4 is 29.7 Å². The third-order valence-corrected chi connectivity index (χ3v) is 12.8. The van der Waals surface area contributed by atoms with E-state index in [1.165, 1.54) is 18.2 Å². The number of rotatable bonds is 23. The Morgan fingerprint density at radius 3 is 2.42 bits per heavy atom. The minimum atomic E-state index is -1.46. The number of nitro groups is 1. The van der Waals surface area contributed by atoms with E-state index in [0.29, 0.717) is 59.9 Å². The van der Waals surface area contributed by atoms with Crippen LogP contribution in [0.3, 0.4) is 0 Å². The number of aldehydes is 1. The van der Waals surface area contributed by atoms with E-state index in [2.05, 4.69) is 12.7 Å². The molecule has 0 unspecified atom stereocenters. The molecule has 2 aliphatic carbocycles. The lowest BCUT2D eigenvalue weighted by Gasteiger charge is -2.60.